The van der Waals surface area contributed by atoms with Gasteiger partial charge in [0.15, 0.2) is 11.6 Å². The molecule has 1 aliphatic carbocycles. The van der Waals surface area contributed by atoms with E-state index in [4.69, 9.17) is 1.37 Å². The third-order valence-corrected chi connectivity index (χ3v) is 18.6. The minimum atomic E-state index is -1.00. The molecule has 13 aromatic carbocycles. The van der Waals surface area contributed by atoms with Crippen LogP contribution >= 0.6 is 0 Å². The van der Waals surface area contributed by atoms with Gasteiger partial charge in [0.05, 0.1) is 63.9 Å². The number of nitrogens with zero attached hydrogens (tertiary/aromatic N) is 5. The van der Waals surface area contributed by atoms with Crippen molar-refractivity contribution >= 4 is 88.1 Å². The van der Waals surface area contributed by atoms with E-state index in [0.29, 0.717) is 22.3 Å². The zero-order valence-electron chi connectivity index (χ0n) is 58.8. The SMILES string of the molecule is CC(C)(C)[O-].O=C(c1ccc(-n2c3ccccc3c3c2c2ccccc2n3-c2ccccc2)cc1)c1ccc(-n2c3ccccc3c3c2c2ccccc2n3-c2ccccc2)cc1.O=C(c1ccc(F)cc1)c1ccc(F)cc1.[2H]CF.[K+].c1ccc(-n2c3c(c4ccccc42)Cc2ccccc2-3)cc1. The van der Waals surface area contributed by atoms with Crippen molar-refractivity contribution in [1.82, 2.24) is 22.8 Å². The molecule has 12 heteroatoms. The molecule has 5 aromatic heterocycles. The molecular weight excluding hydrogens is 1320 g/mol. The normalized spacial score (nSPS) is 11.5. The van der Waals surface area contributed by atoms with Crippen molar-refractivity contribution in [2.75, 3.05) is 7.15 Å². The van der Waals surface area contributed by atoms with Gasteiger partial charge in [-0.05, 0) is 175 Å². The molecule has 1 aliphatic rings. The van der Waals surface area contributed by atoms with Gasteiger partial charge in [0.1, 0.15) is 11.6 Å². The number of halogens is 3. The van der Waals surface area contributed by atoms with E-state index in [-0.39, 0.29) is 63.0 Å². The van der Waals surface area contributed by atoms with Crippen LogP contribution in [0.4, 0.5) is 13.2 Å². The van der Waals surface area contributed by atoms with Crippen molar-refractivity contribution in [1.29, 1.82) is 0 Å². The van der Waals surface area contributed by atoms with Gasteiger partial charge in [-0.15, -0.1) is 5.60 Å². The van der Waals surface area contributed by atoms with Crippen LogP contribution in [-0.2, 0) is 6.42 Å². The van der Waals surface area contributed by atoms with Crippen molar-refractivity contribution in [2.45, 2.75) is 32.8 Å². The first kappa shape index (κ1) is 68.6. The molecule has 0 fully saturated rings. The van der Waals surface area contributed by atoms with Crippen molar-refractivity contribution in [2.24, 2.45) is 0 Å². The number of aromatic nitrogens is 5. The summed E-state index contributed by atoms with van der Waals surface area (Å²) in [6.45, 7) is 4.90. The Labute approximate surface area is 644 Å². The Morgan fingerprint density at radius 3 is 0.904 bits per heavy atom. The van der Waals surface area contributed by atoms with Crippen LogP contribution in [-0.4, -0.2) is 47.2 Å². The summed E-state index contributed by atoms with van der Waals surface area (Å²) in [6, 6.07) is 110. The van der Waals surface area contributed by atoms with Crippen molar-refractivity contribution in [3.05, 3.63) is 379 Å². The number of hydrogen-bond donors (Lipinski definition) is 0. The third kappa shape index (κ3) is 13.3. The van der Waals surface area contributed by atoms with Gasteiger partial charge in [0.2, 0.25) is 0 Å². The monoisotopic (exact) mass is 1390 g/mol. The average molecular weight is 1390 g/mol. The fraction of sp³-hybridized carbons (Fsp3) is 0.0652. The Kier molecular flexibility index (Phi) is 19.8. The Hall–Kier alpha value is -11.2. The number of rotatable bonds is 9. The molecular formula is C92H69F3KN5O3. The van der Waals surface area contributed by atoms with Crippen LogP contribution in [0, 0.1) is 11.6 Å². The van der Waals surface area contributed by atoms with E-state index in [1.807, 2.05) is 24.3 Å². The topological polar surface area (TPSA) is 81.8 Å². The summed E-state index contributed by atoms with van der Waals surface area (Å²) in [5, 5.41) is 16.2. The van der Waals surface area contributed by atoms with Crippen LogP contribution in [0.25, 0.3) is 116 Å². The summed E-state index contributed by atoms with van der Waals surface area (Å²) < 4.78 is 52.6. The summed E-state index contributed by atoms with van der Waals surface area (Å²) >= 11 is 0. The van der Waals surface area contributed by atoms with Gasteiger partial charge in [-0.2, -0.15) is 0 Å². The summed E-state index contributed by atoms with van der Waals surface area (Å²) in [5.74, 6) is -1.05. The van der Waals surface area contributed by atoms with Gasteiger partial charge in [0.25, 0.3) is 0 Å². The summed E-state index contributed by atoms with van der Waals surface area (Å²) in [5.41, 5.74) is 22.9. The number of ketones is 2. The second kappa shape index (κ2) is 30.0. The number of carbonyl (C=O) groups is 2. The molecule has 19 rings (SSSR count). The molecule has 0 spiro atoms. The molecule has 5 heterocycles. The van der Waals surface area contributed by atoms with E-state index in [9.17, 15) is 27.9 Å². The molecule has 0 N–H and O–H groups in total. The summed E-state index contributed by atoms with van der Waals surface area (Å²) in [6.07, 6.45) is 1.03. The number of para-hydroxylation sites is 8. The summed E-state index contributed by atoms with van der Waals surface area (Å²) in [7, 11) is -1.00. The van der Waals surface area contributed by atoms with E-state index in [1.165, 1.54) is 120 Å². The van der Waals surface area contributed by atoms with E-state index in [2.05, 4.69) is 284 Å². The molecule has 0 unspecified atom stereocenters. The second-order valence-corrected chi connectivity index (χ2v) is 26.2. The molecule has 0 atom stereocenters. The van der Waals surface area contributed by atoms with Gasteiger partial charge in [-0.1, -0.05) is 191 Å². The fourth-order valence-corrected chi connectivity index (χ4v) is 14.4. The molecule has 8 nitrogen and oxygen atoms in total. The Bertz CT molecular complexity index is 5860. The number of hydrogen-bond acceptors (Lipinski definition) is 3. The minimum Gasteiger partial charge on any atom is -0.850 e. The van der Waals surface area contributed by atoms with E-state index in [0.717, 1.165) is 62.3 Å². The first-order valence-corrected chi connectivity index (χ1v) is 34.1. The maximum absolute atomic E-state index is 14.1. The van der Waals surface area contributed by atoms with Crippen LogP contribution in [0.2, 0.25) is 0 Å². The Balaban J connectivity index is 0.000000160. The number of benzene rings is 13. The molecule has 0 saturated carbocycles. The van der Waals surface area contributed by atoms with E-state index in [1.54, 1.807) is 20.8 Å². The summed E-state index contributed by atoms with van der Waals surface area (Å²) in [4.78, 5) is 26.0. The molecule has 0 aliphatic heterocycles. The maximum atomic E-state index is 14.1. The molecule has 104 heavy (non-hydrogen) atoms. The van der Waals surface area contributed by atoms with Crippen LogP contribution in [0.5, 0.6) is 0 Å². The molecule has 0 radical (unpaired) electrons. The second-order valence-electron chi connectivity index (χ2n) is 26.2. The first-order chi connectivity index (χ1) is 50.8. The van der Waals surface area contributed by atoms with Crippen LogP contribution < -0.4 is 56.5 Å². The van der Waals surface area contributed by atoms with Crippen molar-refractivity contribution in [3.8, 4) is 39.7 Å². The molecule has 18 aromatic rings. The van der Waals surface area contributed by atoms with Crippen LogP contribution in [0.3, 0.4) is 0 Å². The van der Waals surface area contributed by atoms with Crippen LogP contribution in [0.1, 0.15) is 65.1 Å². The molecule has 0 amide bonds. The van der Waals surface area contributed by atoms with Gasteiger partial charge in [-0.25, -0.2) is 8.78 Å². The van der Waals surface area contributed by atoms with E-state index < -0.39 is 24.4 Å². The van der Waals surface area contributed by atoms with Gasteiger partial charge < -0.3 is 27.9 Å². The van der Waals surface area contributed by atoms with Gasteiger partial charge in [-0.3, -0.25) is 14.0 Å². The number of alkyl halides is 1. The van der Waals surface area contributed by atoms with Crippen molar-refractivity contribution in [3.63, 3.8) is 0 Å². The zero-order chi connectivity index (χ0) is 71.6. The maximum Gasteiger partial charge on any atom is 1.00 e. The predicted molar refractivity (Wildman–Crippen MR) is 413 cm³/mol. The largest absolute Gasteiger partial charge is 1.00 e. The quantitative estimate of drug-likeness (QED) is 0.107. The van der Waals surface area contributed by atoms with Crippen LogP contribution in [0.15, 0.2) is 334 Å². The zero-order valence-corrected chi connectivity index (χ0v) is 60.9. The number of fused-ring (bicyclic) bond motifs is 15. The average Bonchev–Trinajstić information content (AvgIpc) is 1.56. The van der Waals surface area contributed by atoms with Gasteiger partial charge in [0, 0.05) is 89.6 Å². The predicted octanol–water partition coefficient (Wildman–Crippen LogP) is 19.1. The molecule has 0 saturated heterocycles. The Morgan fingerprint density at radius 1 is 0.337 bits per heavy atom. The number of carbonyl (C=O) groups excluding carboxylic acids is 2. The molecule has 0 bridgehead atoms. The first-order valence-electron chi connectivity index (χ1n) is 34.8. The smallest absolute Gasteiger partial charge is 0.850 e. The Morgan fingerprint density at radius 2 is 0.577 bits per heavy atom. The van der Waals surface area contributed by atoms with Crippen molar-refractivity contribution < 1.29 is 80.6 Å². The molecule has 502 valence electrons. The third-order valence-electron chi connectivity index (χ3n) is 18.6. The minimum absolute atomic E-state index is 0. The fourth-order valence-electron chi connectivity index (χ4n) is 14.4. The van der Waals surface area contributed by atoms with E-state index >= 15 is 0 Å². The standard InChI is InChI=1S/C53H34N4O.C21H15N.C13H8F2O.C4H9O.CH3F.K/c58-53(35-27-31-39(32-28-35)56-47-25-13-9-21-43(47)49-51(56)41-19-7-11-23-45(41)54(49)37-15-3-1-4-16-37)36-29-33-40(34-30-36)57-48-26-14-10-22-44(48)50-52(57)42-20-8-12-24-46(42)55(50)38-17-5-2-6-18-38;1-2-9-16(10-3-1)22-20-13-7-6-12-18(20)19-14-15-8-4-5-11-17(15)21(19)22;14-11-5-1-9(2-6-11)13(16)10-3-7-12(15)8-4-10;1-4(2,3)5;1-2;/h1-34H;1-13H,14H2;1-8H;1-3H3;1H3;/q;;;-1;;+1/i;;;;1D;. The van der Waals surface area contributed by atoms with Gasteiger partial charge >= 0.3 is 51.4 Å².